The molecule has 2 rings (SSSR count). The van der Waals surface area contributed by atoms with Gasteiger partial charge in [0.15, 0.2) is 0 Å². The fourth-order valence-corrected chi connectivity index (χ4v) is 3.15. The quantitative estimate of drug-likeness (QED) is 0.823. The van der Waals surface area contributed by atoms with Crippen LogP contribution in [0.3, 0.4) is 0 Å². The number of carbonyl (C=O) groups excluding carboxylic acids is 2. The summed E-state index contributed by atoms with van der Waals surface area (Å²) in [5, 5.41) is 0. The molecule has 0 aliphatic carbocycles. The largest absolute Gasteiger partial charge is 0.497 e. The lowest BCUT2D eigenvalue weighted by Gasteiger charge is -2.31. The van der Waals surface area contributed by atoms with Crippen LogP contribution in [0.25, 0.3) is 0 Å². The van der Waals surface area contributed by atoms with Gasteiger partial charge >= 0.3 is 0 Å². The zero-order valence-electron chi connectivity index (χ0n) is 14.4. The van der Waals surface area contributed by atoms with Crippen molar-refractivity contribution in [2.75, 3.05) is 27.3 Å². The van der Waals surface area contributed by atoms with E-state index in [-0.39, 0.29) is 11.8 Å². The topological polar surface area (TPSA) is 81.9 Å². The van der Waals surface area contributed by atoms with Crippen molar-refractivity contribution < 1.29 is 19.1 Å². The number of amides is 2. The number of nitrogens with two attached hydrogens (primary N) is 1. The Bertz CT molecular complexity index is 580. The van der Waals surface area contributed by atoms with Crippen molar-refractivity contribution in [1.82, 2.24) is 4.90 Å². The molecule has 1 saturated heterocycles. The fraction of sp³-hybridized carbons (Fsp3) is 0.556. The molecule has 1 aliphatic rings. The van der Waals surface area contributed by atoms with Gasteiger partial charge in [0, 0.05) is 25.9 Å². The maximum atomic E-state index is 12.4. The molecule has 0 atom stereocenters. The average Bonchev–Trinajstić information content (AvgIpc) is 2.59. The van der Waals surface area contributed by atoms with Crippen LogP contribution in [0.5, 0.6) is 11.5 Å². The highest BCUT2D eigenvalue weighted by molar-refractivity contribution is 5.77. The van der Waals surface area contributed by atoms with Gasteiger partial charge in [0.05, 0.1) is 14.2 Å². The summed E-state index contributed by atoms with van der Waals surface area (Å²) in [4.78, 5) is 25.3. The zero-order chi connectivity index (χ0) is 17.5. The SMILES string of the molecule is COc1ccc(OC)c(CCC(=O)N2CCC(CC(N)=O)CC2)c1. The minimum absolute atomic E-state index is 0.136. The lowest BCUT2D eigenvalue weighted by Crippen LogP contribution is -2.39. The Kier molecular flexibility index (Phi) is 6.46. The molecule has 2 amide bonds. The van der Waals surface area contributed by atoms with E-state index in [1.807, 2.05) is 23.1 Å². The van der Waals surface area contributed by atoms with E-state index in [1.165, 1.54) is 0 Å². The maximum absolute atomic E-state index is 12.4. The van der Waals surface area contributed by atoms with Crippen molar-refractivity contribution in [2.45, 2.75) is 32.1 Å². The van der Waals surface area contributed by atoms with Crippen molar-refractivity contribution in [3.63, 3.8) is 0 Å². The lowest BCUT2D eigenvalue weighted by atomic mass is 9.93. The maximum Gasteiger partial charge on any atom is 0.222 e. The van der Waals surface area contributed by atoms with Gasteiger partial charge in [-0.05, 0) is 48.9 Å². The summed E-state index contributed by atoms with van der Waals surface area (Å²) < 4.78 is 10.6. The fourth-order valence-electron chi connectivity index (χ4n) is 3.15. The number of benzene rings is 1. The van der Waals surface area contributed by atoms with Crippen LogP contribution in [-0.4, -0.2) is 44.0 Å². The van der Waals surface area contributed by atoms with Crippen LogP contribution in [-0.2, 0) is 16.0 Å². The molecule has 0 saturated carbocycles. The first-order valence-corrected chi connectivity index (χ1v) is 8.30. The molecule has 0 radical (unpaired) electrons. The highest BCUT2D eigenvalue weighted by Crippen LogP contribution is 2.26. The monoisotopic (exact) mass is 334 g/mol. The van der Waals surface area contributed by atoms with Gasteiger partial charge in [-0.3, -0.25) is 9.59 Å². The third-order valence-electron chi connectivity index (χ3n) is 4.55. The molecule has 0 spiro atoms. The van der Waals surface area contributed by atoms with Crippen LogP contribution < -0.4 is 15.2 Å². The van der Waals surface area contributed by atoms with Gasteiger partial charge in [0.25, 0.3) is 0 Å². The van der Waals surface area contributed by atoms with E-state index in [0.29, 0.717) is 38.3 Å². The van der Waals surface area contributed by atoms with Crippen molar-refractivity contribution >= 4 is 11.8 Å². The number of carbonyl (C=O) groups is 2. The highest BCUT2D eigenvalue weighted by Gasteiger charge is 2.23. The Morgan fingerprint density at radius 1 is 1.21 bits per heavy atom. The molecule has 6 heteroatoms. The van der Waals surface area contributed by atoms with Gasteiger partial charge in [-0.25, -0.2) is 0 Å². The highest BCUT2D eigenvalue weighted by atomic mass is 16.5. The molecule has 0 aromatic heterocycles. The molecule has 132 valence electrons. The standard InChI is InChI=1S/C18H26N2O4/c1-23-15-4-5-16(24-2)14(12-15)3-6-18(22)20-9-7-13(8-10-20)11-17(19)21/h4-5,12-13H,3,6-11H2,1-2H3,(H2,19,21). The zero-order valence-corrected chi connectivity index (χ0v) is 14.4. The lowest BCUT2D eigenvalue weighted by molar-refractivity contribution is -0.132. The molecule has 6 nitrogen and oxygen atoms in total. The summed E-state index contributed by atoms with van der Waals surface area (Å²) in [6, 6.07) is 5.60. The molecule has 1 fully saturated rings. The third kappa shape index (κ3) is 4.88. The summed E-state index contributed by atoms with van der Waals surface area (Å²) >= 11 is 0. The first-order valence-electron chi connectivity index (χ1n) is 8.30. The van der Waals surface area contributed by atoms with Gasteiger partial charge < -0.3 is 20.1 Å². The number of rotatable bonds is 7. The smallest absolute Gasteiger partial charge is 0.222 e. The van der Waals surface area contributed by atoms with Crippen molar-refractivity contribution in [3.05, 3.63) is 23.8 Å². The van der Waals surface area contributed by atoms with Gasteiger partial charge in [-0.15, -0.1) is 0 Å². The summed E-state index contributed by atoms with van der Waals surface area (Å²) in [5.41, 5.74) is 6.21. The Hall–Kier alpha value is -2.24. The molecule has 1 aromatic carbocycles. The first kappa shape index (κ1) is 18.1. The number of nitrogens with zero attached hydrogens (tertiary/aromatic N) is 1. The number of methoxy groups -OCH3 is 2. The Labute approximate surface area is 142 Å². The number of aryl methyl sites for hydroxylation is 1. The third-order valence-corrected chi connectivity index (χ3v) is 4.55. The Balaban J connectivity index is 1.86. The van der Waals surface area contributed by atoms with Crippen LogP contribution in [0, 0.1) is 5.92 Å². The molecule has 1 aliphatic heterocycles. The van der Waals surface area contributed by atoms with Gasteiger partial charge in [-0.1, -0.05) is 0 Å². The van der Waals surface area contributed by atoms with Crippen LogP contribution >= 0.6 is 0 Å². The molecule has 1 heterocycles. The molecule has 24 heavy (non-hydrogen) atoms. The number of likely N-dealkylation sites (tertiary alicyclic amines) is 1. The summed E-state index contributed by atoms with van der Waals surface area (Å²) in [7, 11) is 3.24. The van der Waals surface area contributed by atoms with E-state index in [4.69, 9.17) is 15.2 Å². The van der Waals surface area contributed by atoms with Crippen LogP contribution in [0.1, 0.15) is 31.2 Å². The molecule has 1 aromatic rings. The van der Waals surface area contributed by atoms with E-state index >= 15 is 0 Å². The Morgan fingerprint density at radius 2 is 1.92 bits per heavy atom. The van der Waals surface area contributed by atoms with Crippen molar-refractivity contribution in [3.8, 4) is 11.5 Å². The van der Waals surface area contributed by atoms with Crippen LogP contribution in [0.2, 0.25) is 0 Å². The van der Waals surface area contributed by atoms with Gasteiger partial charge in [-0.2, -0.15) is 0 Å². The minimum Gasteiger partial charge on any atom is -0.497 e. The second-order valence-corrected chi connectivity index (χ2v) is 6.17. The van der Waals surface area contributed by atoms with E-state index in [1.54, 1.807) is 14.2 Å². The van der Waals surface area contributed by atoms with Gasteiger partial charge in [0.2, 0.25) is 11.8 Å². The summed E-state index contributed by atoms with van der Waals surface area (Å²) in [6.45, 7) is 1.40. The van der Waals surface area contributed by atoms with E-state index < -0.39 is 0 Å². The Morgan fingerprint density at radius 3 is 2.50 bits per heavy atom. The number of ether oxygens (including phenoxy) is 2. The molecular formula is C18H26N2O4. The molecule has 0 unspecified atom stereocenters. The van der Waals surface area contributed by atoms with E-state index in [0.717, 1.165) is 29.9 Å². The van der Waals surface area contributed by atoms with Crippen molar-refractivity contribution in [2.24, 2.45) is 11.7 Å². The summed E-state index contributed by atoms with van der Waals surface area (Å²) in [5.74, 6) is 1.71. The predicted octanol–water partition coefficient (Wildman–Crippen LogP) is 1.75. The van der Waals surface area contributed by atoms with Crippen LogP contribution in [0.4, 0.5) is 0 Å². The average molecular weight is 334 g/mol. The second-order valence-electron chi connectivity index (χ2n) is 6.17. The second kappa shape index (κ2) is 8.57. The van der Waals surface area contributed by atoms with E-state index in [9.17, 15) is 9.59 Å². The minimum atomic E-state index is -0.259. The van der Waals surface area contributed by atoms with Gasteiger partial charge in [0.1, 0.15) is 11.5 Å². The van der Waals surface area contributed by atoms with Crippen LogP contribution in [0.15, 0.2) is 18.2 Å². The first-order chi connectivity index (χ1) is 11.5. The number of hydrogen-bond acceptors (Lipinski definition) is 4. The number of primary amides is 1. The molecular weight excluding hydrogens is 308 g/mol. The number of piperidine rings is 1. The van der Waals surface area contributed by atoms with E-state index in [2.05, 4.69) is 0 Å². The molecule has 2 N–H and O–H groups in total. The normalized spacial score (nSPS) is 15.2. The summed E-state index contributed by atoms with van der Waals surface area (Å²) in [6.07, 6.45) is 3.15. The molecule has 0 bridgehead atoms. The van der Waals surface area contributed by atoms with Crippen molar-refractivity contribution in [1.29, 1.82) is 0 Å². The predicted molar refractivity (Wildman–Crippen MR) is 91.0 cm³/mol. The number of hydrogen-bond donors (Lipinski definition) is 1.